The van der Waals surface area contributed by atoms with Crippen LogP contribution in [0.25, 0.3) is 22.0 Å². The van der Waals surface area contributed by atoms with Gasteiger partial charge in [-0.05, 0) is 30.7 Å². The third-order valence-electron chi connectivity index (χ3n) is 3.51. The summed E-state index contributed by atoms with van der Waals surface area (Å²) in [5.74, 6) is 1.34. The van der Waals surface area contributed by atoms with Gasteiger partial charge >= 0.3 is 0 Å². The molecule has 0 aliphatic carbocycles. The van der Waals surface area contributed by atoms with Gasteiger partial charge in [0.05, 0.1) is 24.3 Å². The van der Waals surface area contributed by atoms with Crippen LogP contribution < -0.4 is 9.47 Å². The molecule has 0 fully saturated rings. The molecule has 0 aliphatic rings. The predicted octanol–water partition coefficient (Wildman–Crippen LogP) is 3.31. The molecule has 5 heteroatoms. The highest BCUT2D eigenvalue weighted by molar-refractivity contribution is 5.99. The van der Waals surface area contributed by atoms with Crippen molar-refractivity contribution < 1.29 is 19.0 Å². The molecule has 0 spiro atoms. The molecule has 3 rings (SSSR count). The van der Waals surface area contributed by atoms with Crippen LogP contribution in [-0.4, -0.2) is 29.9 Å². The number of aliphatic hydroxyl groups excluding tert-OH is 1. The molecule has 0 bridgehead atoms. The lowest BCUT2D eigenvalue weighted by Crippen LogP contribution is -2.18. The zero-order valence-electron chi connectivity index (χ0n) is 12.5. The number of pyridine rings is 1. The fourth-order valence-electron chi connectivity index (χ4n) is 2.24. The third-order valence-corrected chi connectivity index (χ3v) is 3.51. The lowest BCUT2D eigenvalue weighted by Gasteiger charge is -2.13. The van der Waals surface area contributed by atoms with Crippen LogP contribution >= 0.6 is 0 Å². The number of aliphatic hydroxyl groups is 1. The molecule has 22 heavy (non-hydrogen) atoms. The van der Waals surface area contributed by atoms with Gasteiger partial charge in [0.1, 0.15) is 24.2 Å². The predicted molar refractivity (Wildman–Crippen MR) is 84.4 cm³/mol. The van der Waals surface area contributed by atoms with Gasteiger partial charge in [-0.25, -0.2) is 4.98 Å². The van der Waals surface area contributed by atoms with E-state index in [0.29, 0.717) is 22.6 Å². The fourth-order valence-corrected chi connectivity index (χ4v) is 2.24. The lowest BCUT2D eigenvalue weighted by molar-refractivity contribution is 0.136. The summed E-state index contributed by atoms with van der Waals surface area (Å²) in [4.78, 5) is 4.46. The van der Waals surface area contributed by atoms with Crippen LogP contribution in [0.3, 0.4) is 0 Å². The van der Waals surface area contributed by atoms with E-state index in [4.69, 9.17) is 13.9 Å². The maximum Gasteiger partial charge on any atom is 0.230 e. The van der Waals surface area contributed by atoms with Crippen molar-refractivity contribution in [2.24, 2.45) is 0 Å². The first-order chi connectivity index (χ1) is 10.6. The van der Waals surface area contributed by atoms with Crippen molar-refractivity contribution in [1.29, 1.82) is 0 Å². The van der Waals surface area contributed by atoms with Gasteiger partial charge in [0.2, 0.25) is 5.71 Å². The number of nitrogens with zero attached hydrogens (tertiary/aromatic N) is 1. The van der Waals surface area contributed by atoms with Gasteiger partial charge in [-0.15, -0.1) is 0 Å². The molecular formula is C17H17NO4. The second-order valence-electron chi connectivity index (χ2n) is 5.14. The van der Waals surface area contributed by atoms with E-state index >= 15 is 0 Å². The number of fused-ring (bicyclic) bond motifs is 2. The molecule has 1 aromatic carbocycles. The molecule has 3 aromatic rings. The van der Waals surface area contributed by atoms with Gasteiger partial charge < -0.3 is 19.0 Å². The molecule has 114 valence electrons. The molecule has 2 heterocycles. The van der Waals surface area contributed by atoms with E-state index in [1.54, 1.807) is 26.4 Å². The maximum absolute atomic E-state index is 9.72. The first-order valence-corrected chi connectivity index (χ1v) is 6.91. The van der Waals surface area contributed by atoms with E-state index < -0.39 is 6.10 Å². The van der Waals surface area contributed by atoms with Crippen molar-refractivity contribution >= 4 is 22.0 Å². The number of methoxy groups -OCH3 is 1. The van der Waals surface area contributed by atoms with Crippen molar-refractivity contribution in [2.45, 2.75) is 13.0 Å². The fraction of sp³-hybridized carbons (Fsp3) is 0.235. The Balaban J connectivity index is 1.99. The molecule has 5 nitrogen and oxygen atoms in total. The molecule has 0 saturated carbocycles. The van der Waals surface area contributed by atoms with Crippen molar-refractivity contribution in [1.82, 2.24) is 4.98 Å². The van der Waals surface area contributed by atoms with Gasteiger partial charge in [0.15, 0.2) is 0 Å². The van der Waals surface area contributed by atoms with Gasteiger partial charge in [-0.2, -0.15) is 0 Å². The first-order valence-electron chi connectivity index (χ1n) is 6.91. The lowest BCUT2D eigenvalue weighted by atomic mass is 10.1. The van der Waals surface area contributed by atoms with Crippen LogP contribution in [0.5, 0.6) is 11.5 Å². The number of rotatable bonds is 5. The summed E-state index contributed by atoms with van der Waals surface area (Å²) in [6.07, 6.45) is 0.894. The van der Waals surface area contributed by atoms with Crippen LogP contribution in [0.2, 0.25) is 0 Å². The number of hydrogen-bond donors (Lipinski definition) is 1. The number of aromatic nitrogens is 1. The molecule has 1 atom stereocenters. The summed E-state index contributed by atoms with van der Waals surface area (Å²) in [6.45, 7) is 5.61. The highest BCUT2D eigenvalue weighted by Crippen LogP contribution is 2.34. The summed E-state index contributed by atoms with van der Waals surface area (Å²) < 4.78 is 16.4. The number of ether oxygens (including phenoxy) is 2. The van der Waals surface area contributed by atoms with Crippen LogP contribution in [0.1, 0.15) is 6.92 Å². The van der Waals surface area contributed by atoms with Crippen molar-refractivity contribution in [2.75, 3.05) is 13.7 Å². The molecule has 0 aliphatic heterocycles. The second-order valence-corrected chi connectivity index (χ2v) is 5.14. The average molecular weight is 299 g/mol. The molecule has 1 N–H and O–H groups in total. The van der Waals surface area contributed by atoms with E-state index in [1.807, 2.05) is 18.2 Å². The Bertz CT molecular complexity index is 837. The molecular weight excluding hydrogens is 282 g/mol. The Hall–Kier alpha value is -2.53. The normalized spacial score (nSPS) is 12.5. The first kappa shape index (κ1) is 14.4. The smallest absolute Gasteiger partial charge is 0.230 e. The second kappa shape index (κ2) is 5.69. The van der Waals surface area contributed by atoms with Crippen LogP contribution in [0.15, 0.2) is 47.1 Å². The Labute approximate surface area is 127 Å². The number of furan rings is 1. The van der Waals surface area contributed by atoms with Gasteiger partial charge in [0.25, 0.3) is 0 Å². The number of benzene rings is 1. The van der Waals surface area contributed by atoms with Gasteiger partial charge in [-0.1, -0.05) is 6.58 Å². The molecule has 0 saturated heterocycles. The largest absolute Gasteiger partial charge is 0.495 e. The summed E-state index contributed by atoms with van der Waals surface area (Å²) in [5.41, 5.74) is 1.89. The minimum Gasteiger partial charge on any atom is -0.495 e. The highest BCUT2D eigenvalue weighted by Gasteiger charge is 2.13. The van der Waals surface area contributed by atoms with E-state index in [0.717, 1.165) is 16.5 Å². The summed E-state index contributed by atoms with van der Waals surface area (Å²) in [6, 6.07) is 7.33. The summed E-state index contributed by atoms with van der Waals surface area (Å²) in [5, 5.41) is 11.4. The van der Waals surface area contributed by atoms with Gasteiger partial charge in [-0.3, -0.25) is 0 Å². The van der Waals surface area contributed by atoms with E-state index in [2.05, 4.69) is 11.6 Å². The molecule has 0 unspecified atom stereocenters. The summed E-state index contributed by atoms with van der Waals surface area (Å²) in [7, 11) is 1.62. The maximum atomic E-state index is 9.72. The standard InChI is InChI=1S/C17H17NO4/c1-10(2)15(19)9-22-11-4-5-12-14(8-11)18-17-13(6-7-21-17)16(12)20-3/h4-8,15,19H,1,9H2,2-3H3/t15-/m0/s1. The zero-order valence-corrected chi connectivity index (χ0v) is 12.5. The van der Waals surface area contributed by atoms with Crippen LogP contribution in [0.4, 0.5) is 0 Å². The Morgan fingerprint density at radius 3 is 2.91 bits per heavy atom. The van der Waals surface area contributed by atoms with E-state index in [1.165, 1.54) is 0 Å². The highest BCUT2D eigenvalue weighted by atomic mass is 16.5. The quantitative estimate of drug-likeness (QED) is 0.732. The van der Waals surface area contributed by atoms with Crippen molar-refractivity contribution in [3.05, 3.63) is 42.7 Å². The van der Waals surface area contributed by atoms with Crippen LogP contribution in [-0.2, 0) is 0 Å². The monoisotopic (exact) mass is 299 g/mol. The Morgan fingerprint density at radius 2 is 2.18 bits per heavy atom. The molecule has 0 radical (unpaired) electrons. The Morgan fingerprint density at radius 1 is 1.36 bits per heavy atom. The van der Waals surface area contributed by atoms with Crippen molar-refractivity contribution in [3.8, 4) is 11.5 Å². The van der Waals surface area contributed by atoms with E-state index in [-0.39, 0.29) is 6.61 Å². The number of hydrogen-bond acceptors (Lipinski definition) is 5. The van der Waals surface area contributed by atoms with Gasteiger partial charge in [0, 0.05) is 11.5 Å². The van der Waals surface area contributed by atoms with E-state index in [9.17, 15) is 5.11 Å². The third kappa shape index (κ3) is 2.51. The Kier molecular flexibility index (Phi) is 3.73. The summed E-state index contributed by atoms with van der Waals surface area (Å²) >= 11 is 0. The molecule has 0 amide bonds. The van der Waals surface area contributed by atoms with Crippen LogP contribution in [0, 0.1) is 0 Å². The average Bonchev–Trinajstić information content (AvgIpc) is 2.97. The topological polar surface area (TPSA) is 64.7 Å². The minimum absolute atomic E-state index is 0.154. The van der Waals surface area contributed by atoms with Crippen molar-refractivity contribution in [3.63, 3.8) is 0 Å². The molecule has 2 aromatic heterocycles. The SMILES string of the molecule is C=C(C)[C@@H](O)COc1ccc2c(OC)c3ccoc3nc2c1. The zero-order chi connectivity index (χ0) is 15.7. The minimum atomic E-state index is -0.689.